The van der Waals surface area contributed by atoms with Gasteiger partial charge in [-0.05, 0) is 77.3 Å². The van der Waals surface area contributed by atoms with Crippen LogP contribution < -0.4 is 19.9 Å². The molecule has 2 aromatic carbocycles. The van der Waals surface area contributed by atoms with Crippen LogP contribution in [-0.2, 0) is 30.3 Å². The lowest BCUT2D eigenvalue weighted by atomic mass is 9.86. The summed E-state index contributed by atoms with van der Waals surface area (Å²) in [6, 6.07) is 13.0. The molecule has 10 nitrogen and oxygen atoms in total. The summed E-state index contributed by atoms with van der Waals surface area (Å²) in [5.41, 5.74) is 3.85. The molecule has 10 heteroatoms. The second-order valence-corrected chi connectivity index (χ2v) is 11.7. The SMILES string of the molecule is CCC(C)(C)C(=O)Oc1ccc(C[C@](N)(CC(C)OC(=O)Oc2ccccc2)C(=O)OC)cc1OC(=O)C(C)(C)CC. The molecule has 0 aromatic heterocycles. The van der Waals surface area contributed by atoms with Gasteiger partial charge < -0.3 is 29.4 Å². The Balaban J connectivity index is 2.34. The average Bonchev–Trinajstić information content (AvgIpc) is 2.93. The Bertz CT molecular complexity index is 1260. The third kappa shape index (κ3) is 9.30. The van der Waals surface area contributed by atoms with Gasteiger partial charge >= 0.3 is 24.1 Å². The third-order valence-electron chi connectivity index (χ3n) is 7.29. The average molecular weight is 586 g/mol. The number of carbonyl (C=O) groups excluding carboxylic acids is 4. The van der Waals surface area contributed by atoms with Gasteiger partial charge in [0.25, 0.3) is 0 Å². The van der Waals surface area contributed by atoms with E-state index in [2.05, 4.69) is 0 Å². The van der Waals surface area contributed by atoms with Gasteiger partial charge in [0.15, 0.2) is 11.5 Å². The number of hydrogen-bond donors (Lipinski definition) is 1. The van der Waals surface area contributed by atoms with Gasteiger partial charge in [0, 0.05) is 12.8 Å². The number of ether oxygens (including phenoxy) is 5. The Labute approximate surface area is 247 Å². The van der Waals surface area contributed by atoms with E-state index in [0.29, 0.717) is 24.2 Å². The van der Waals surface area contributed by atoms with E-state index in [9.17, 15) is 19.2 Å². The van der Waals surface area contributed by atoms with Crippen LogP contribution in [0.3, 0.4) is 0 Å². The van der Waals surface area contributed by atoms with Gasteiger partial charge in [0.1, 0.15) is 17.4 Å². The van der Waals surface area contributed by atoms with E-state index in [1.807, 2.05) is 13.8 Å². The smallest absolute Gasteiger partial charge is 0.468 e. The highest BCUT2D eigenvalue weighted by Crippen LogP contribution is 2.35. The molecule has 0 heterocycles. The molecule has 42 heavy (non-hydrogen) atoms. The van der Waals surface area contributed by atoms with Crippen molar-refractivity contribution < 1.29 is 42.9 Å². The Hall–Kier alpha value is -3.92. The lowest BCUT2D eigenvalue weighted by Crippen LogP contribution is -2.53. The molecule has 2 atom stereocenters. The zero-order chi connectivity index (χ0) is 31.7. The molecule has 0 bridgehead atoms. The van der Waals surface area contributed by atoms with E-state index in [1.165, 1.54) is 19.2 Å². The van der Waals surface area contributed by atoms with Crippen LogP contribution in [0.2, 0.25) is 0 Å². The largest absolute Gasteiger partial charge is 0.514 e. The summed E-state index contributed by atoms with van der Waals surface area (Å²) in [5.74, 6) is -1.35. The number of hydrogen-bond acceptors (Lipinski definition) is 10. The first-order valence-electron chi connectivity index (χ1n) is 13.9. The summed E-state index contributed by atoms with van der Waals surface area (Å²) < 4.78 is 26.9. The first-order chi connectivity index (χ1) is 19.6. The van der Waals surface area contributed by atoms with Gasteiger partial charge in [0.05, 0.1) is 17.9 Å². The minimum atomic E-state index is -1.63. The van der Waals surface area contributed by atoms with Gasteiger partial charge in [-0.3, -0.25) is 14.4 Å². The second kappa shape index (κ2) is 14.3. The summed E-state index contributed by atoms with van der Waals surface area (Å²) in [4.78, 5) is 50.9. The minimum Gasteiger partial charge on any atom is -0.468 e. The van der Waals surface area contributed by atoms with E-state index >= 15 is 0 Å². The molecule has 0 aliphatic heterocycles. The lowest BCUT2D eigenvalue weighted by Gasteiger charge is -2.29. The summed E-state index contributed by atoms with van der Waals surface area (Å²) in [5, 5.41) is 0. The number of esters is 3. The highest BCUT2D eigenvalue weighted by atomic mass is 16.7. The van der Waals surface area contributed by atoms with Crippen molar-refractivity contribution in [2.75, 3.05) is 7.11 Å². The number of benzene rings is 2. The number of nitrogens with two attached hydrogens (primary N) is 1. The number of para-hydroxylation sites is 1. The van der Waals surface area contributed by atoms with Crippen molar-refractivity contribution in [3.8, 4) is 17.2 Å². The van der Waals surface area contributed by atoms with Crippen LogP contribution in [0.5, 0.6) is 17.2 Å². The summed E-state index contributed by atoms with van der Waals surface area (Å²) in [6.45, 7) is 12.3. The summed E-state index contributed by atoms with van der Waals surface area (Å²) >= 11 is 0. The predicted molar refractivity (Wildman–Crippen MR) is 156 cm³/mol. The maximum atomic E-state index is 13.0. The molecular weight excluding hydrogens is 542 g/mol. The number of methoxy groups -OCH3 is 1. The first-order valence-corrected chi connectivity index (χ1v) is 13.9. The molecule has 2 aromatic rings. The first kappa shape index (κ1) is 34.3. The summed E-state index contributed by atoms with van der Waals surface area (Å²) in [6.07, 6.45) is -0.905. The summed E-state index contributed by atoms with van der Waals surface area (Å²) in [7, 11) is 1.21. The van der Waals surface area contributed by atoms with Crippen molar-refractivity contribution in [1.82, 2.24) is 0 Å². The number of carbonyl (C=O) groups is 4. The van der Waals surface area contributed by atoms with E-state index in [0.717, 1.165) is 0 Å². The Morgan fingerprint density at radius 2 is 1.33 bits per heavy atom. The van der Waals surface area contributed by atoms with E-state index in [-0.39, 0.29) is 24.3 Å². The van der Waals surface area contributed by atoms with E-state index in [1.54, 1.807) is 71.0 Å². The van der Waals surface area contributed by atoms with E-state index in [4.69, 9.17) is 29.4 Å². The van der Waals surface area contributed by atoms with Crippen molar-refractivity contribution in [1.29, 1.82) is 0 Å². The van der Waals surface area contributed by atoms with Gasteiger partial charge in [-0.15, -0.1) is 0 Å². The van der Waals surface area contributed by atoms with Gasteiger partial charge in [-0.25, -0.2) is 4.79 Å². The highest BCUT2D eigenvalue weighted by Gasteiger charge is 2.39. The molecule has 1 unspecified atom stereocenters. The normalized spacial score (nSPS) is 13.7. The quantitative estimate of drug-likeness (QED) is 0.175. The molecule has 0 aliphatic rings. The maximum absolute atomic E-state index is 13.0. The van der Waals surface area contributed by atoms with Crippen molar-refractivity contribution >= 4 is 24.1 Å². The Morgan fingerprint density at radius 1 is 0.786 bits per heavy atom. The van der Waals surface area contributed by atoms with Crippen LogP contribution in [0.1, 0.15) is 73.3 Å². The molecule has 2 N–H and O–H groups in total. The van der Waals surface area contributed by atoms with E-state index < -0.39 is 46.5 Å². The van der Waals surface area contributed by atoms with Crippen LogP contribution >= 0.6 is 0 Å². The topological polar surface area (TPSA) is 140 Å². The standard InChI is InChI=1S/C32H43NO9/c1-9-30(4,5)26(34)41-24-17-16-22(18-25(24)42-27(35)31(6,7)10-2)20-32(33,28(36)38-8)19-21(3)39-29(37)40-23-14-12-11-13-15-23/h11-18,21H,9-10,19-20,33H2,1-8H3/t21?,32-/m1/s1. The predicted octanol–water partition coefficient (Wildman–Crippen LogP) is 5.78. The third-order valence-corrected chi connectivity index (χ3v) is 7.29. The monoisotopic (exact) mass is 585 g/mol. The molecule has 0 saturated carbocycles. The highest BCUT2D eigenvalue weighted by molar-refractivity contribution is 5.82. The minimum absolute atomic E-state index is 0.0160. The molecule has 2 rings (SSSR count). The second-order valence-electron chi connectivity index (χ2n) is 11.7. The van der Waals surface area contributed by atoms with Gasteiger partial charge in [-0.2, -0.15) is 0 Å². The molecule has 0 aliphatic carbocycles. The molecule has 0 radical (unpaired) electrons. The van der Waals surface area contributed by atoms with Crippen LogP contribution in [0.25, 0.3) is 0 Å². The fourth-order valence-electron chi connectivity index (χ4n) is 3.71. The molecule has 0 fully saturated rings. The van der Waals surface area contributed by atoms with Crippen LogP contribution in [-0.4, -0.2) is 42.8 Å². The van der Waals surface area contributed by atoms with Crippen LogP contribution in [0.15, 0.2) is 48.5 Å². The van der Waals surface area contributed by atoms with Gasteiger partial charge in [-0.1, -0.05) is 38.1 Å². The molecule has 0 amide bonds. The van der Waals surface area contributed by atoms with Crippen LogP contribution in [0.4, 0.5) is 4.79 Å². The lowest BCUT2D eigenvalue weighted by molar-refractivity contribution is -0.148. The Kier molecular flexibility index (Phi) is 11.7. The molecule has 0 spiro atoms. The fourth-order valence-corrected chi connectivity index (χ4v) is 3.71. The molecular formula is C32H43NO9. The molecule has 230 valence electrons. The fraction of sp³-hybridized carbons (Fsp3) is 0.500. The zero-order valence-corrected chi connectivity index (χ0v) is 25.8. The van der Waals surface area contributed by atoms with Gasteiger partial charge in [0.2, 0.25) is 0 Å². The Morgan fingerprint density at radius 3 is 1.86 bits per heavy atom. The maximum Gasteiger partial charge on any atom is 0.514 e. The van der Waals surface area contributed by atoms with Crippen molar-refractivity contribution in [3.63, 3.8) is 0 Å². The van der Waals surface area contributed by atoms with Crippen molar-refractivity contribution in [3.05, 3.63) is 54.1 Å². The molecule has 0 saturated heterocycles. The zero-order valence-electron chi connectivity index (χ0n) is 25.8. The van der Waals surface area contributed by atoms with Crippen molar-refractivity contribution in [2.45, 2.75) is 85.8 Å². The van der Waals surface area contributed by atoms with Crippen molar-refractivity contribution in [2.24, 2.45) is 16.6 Å². The number of rotatable bonds is 13. The van der Waals surface area contributed by atoms with Crippen LogP contribution in [0, 0.1) is 10.8 Å².